The number of anilines is 3. The Kier molecular flexibility index (Phi) is 6.84. The van der Waals surface area contributed by atoms with Gasteiger partial charge in [-0.05, 0) is 70.1 Å². The fraction of sp³-hybridized carbons (Fsp3) is 0. The van der Waals surface area contributed by atoms with Gasteiger partial charge in [-0.25, -0.2) is 0 Å². The van der Waals surface area contributed by atoms with Crippen molar-refractivity contribution in [3.8, 4) is 27.9 Å². The van der Waals surface area contributed by atoms with Crippen LogP contribution in [0.5, 0.6) is 0 Å². The molecule has 1 heterocycles. The molecular weight excluding hydrogens is 581 g/mol. The summed E-state index contributed by atoms with van der Waals surface area (Å²) in [6.45, 7) is 0. The SMILES string of the molecule is c1ccc(-c2ccc(-c3ccc(N(c4ccccc4)c4cccc5c6ccccc6n(-c6cccc7ccccc67)c45)cc3)cc2)cc1. The predicted octanol–water partition coefficient (Wildman–Crippen LogP) is 12.7. The molecule has 0 saturated carbocycles. The van der Waals surface area contributed by atoms with Gasteiger partial charge < -0.3 is 9.47 Å². The lowest BCUT2D eigenvalue weighted by Gasteiger charge is -2.27. The molecule has 2 nitrogen and oxygen atoms in total. The van der Waals surface area contributed by atoms with Crippen molar-refractivity contribution >= 4 is 49.6 Å². The Balaban J connectivity index is 1.23. The minimum Gasteiger partial charge on any atom is -0.308 e. The van der Waals surface area contributed by atoms with Crippen molar-refractivity contribution in [1.82, 2.24) is 4.57 Å². The largest absolute Gasteiger partial charge is 0.308 e. The van der Waals surface area contributed by atoms with Crippen LogP contribution in [0.1, 0.15) is 0 Å². The predicted molar refractivity (Wildman–Crippen MR) is 204 cm³/mol. The van der Waals surface area contributed by atoms with Crippen LogP contribution in [0, 0.1) is 0 Å². The van der Waals surface area contributed by atoms with E-state index in [4.69, 9.17) is 0 Å². The first kappa shape index (κ1) is 27.9. The van der Waals surface area contributed by atoms with Crippen LogP contribution in [0.4, 0.5) is 17.1 Å². The summed E-state index contributed by atoms with van der Waals surface area (Å²) >= 11 is 0. The number of para-hydroxylation sites is 3. The highest BCUT2D eigenvalue weighted by molar-refractivity contribution is 6.15. The molecule has 0 unspecified atom stereocenters. The molecule has 9 rings (SSSR count). The number of hydrogen-bond acceptors (Lipinski definition) is 1. The highest BCUT2D eigenvalue weighted by Gasteiger charge is 2.22. The van der Waals surface area contributed by atoms with E-state index in [1.807, 2.05) is 0 Å². The Morgan fingerprint density at radius 1 is 0.333 bits per heavy atom. The molecule has 2 heteroatoms. The molecular formula is C46H32N2. The molecule has 0 spiro atoms. The summed E-state index contributed by atoms with van der Waals surface area (Å²) in [7, 11) is 0. The fourth-order valence-corrected chi connectivity index (χ4v) is 7.13. The van der Waals surface area contributed by atoms with Crippen LogP contribution in [-0.4, -0.2) is 4.57 Å². The third-order valence-corrected chi connectivity index (χ3v) is 9.39. The number of rotatable bonds is 6. The topological polar surface area (TPSA) is 8.17 Å². The molecule has 9 aromatic rings. The van der Waals surface area contributed by atoms with Crippen molar-refractivity contribution in [2.24, 2.45) is 0 Å². The van der Waals surface area contributed by atoms with Gasteiger partial charge >= 0.3 is 0 Å². The summed E-state index contributed by atoms with van der Waals surface area (Å²) < 4.78 is 2.46. The van der Waals surface area contributed by atoms with Crippen molar-refractivity contribution < 1.29 is 0 Å². The monoisotopic (exact) mass is 612 g/mol. The van der Waals surface area contributed by atoms with Crippen LogP contribution >= 0.6 is 0 Å². The maximum atomic E-state index is 2.46. The molecule has 1 aromatic heterocycles. The quantitative estimate of drug-likeness (QED) is 0.181. The van der Waals surface area contributed by atoms with E-state index in [2.05, 4.69) is 204 Å². The van der Waals surface area contributed by atoms with E-state index >= 15 is 0 Å². The van der Waals surface area contributed by atoms with Crippen molar-refractivity contribution in [2.45, 2.75) is 0 Å². The van der Waals surface area contributed by atoms with E-state index in [0.29, 0.717) is 0 Å². The number of fused-ring (bicyclic) bond motifs is 4. The number of benzene rings is 8. The second kappa shape index (κ2) is 11.8. The van der Waals surface area contributed by atoms with Crippen LogP contribution in [0.25, 0.3) is 60.5 Å². The average molecular weight is 613 g/mol. The third-order valence-electron chi connectivity index (χ3n) is 9.39. The normalized spacial score (nSPS) is 11.3. The van der Waals surface area contributed by atoms with Gasteiger partial charge in [0.1, 0.15) is 0 Å². The summed E-state index contributed by atoms with van der Waals surface area (Å²) in [5.74, 6) is 0. The Morgan fingerprint density at radius 3 is 1.56 bits per heavy atom. The van der Waals surface area contributed by atoms with Gasteiger partial charge in [0.15, 0.2) is 0 Å². The van der Waals surface area contributed by atoms with Crippen molar-refractivity contribution in [1.29, 1.82) is 0 Å². The van der Waals surface area contributed by atoms with Gasteiger partial charge in [0.2, 0.25) is 0 Å². The van der Waals surface area contributed by atoms with Gasteiger partial charge in [-0.1, -0.05) is 152 Å². The summed E-state index contributed by atoms with van der Waals surface area (Å²) in [5, 5.41) is 4.92. The molecule has 48 heavy (non-hydrogen) atoms. The van der Waals surface area contributed by atoms with Crippen molar-refractivity contribution in [3.63, 3.8) is 0 Å². The number of aromatic nitrogens is 1. The molecule has 226 valence electrons. The maximum absolute atomic E-state index is 2.46. The smallest absolute Gasteiger partial charge is 0.0782 e. The molecule has 0 atom stereocenters. The highest BCUT2D eigenvalue weighted by atomic mass is 15.2. The van der Waals surface area contributed by atoms with Crippen LogP contribution in [0.15, 0.2) is 194 Å². The molecule has 0 saturated heterocycles. The lowest BCUT2D eigenvalue weighted by atomic mass is 10.00. The standard InChI is InChI=1S/C46H32N2/c1-3-13-33(14-4-1)34-25-27-35(28-26-34)36-29-31-39(32-30-36)47(38-17-5-2-6-18-38)45-24-12-21-42-41-20-9-10-22-44(41)48(46(42)45)43-23-11-16-37-15-7-8-19-40(37)43/h1-32H. The van der Waals surface area contributed by atoms with E-state index < -0.39 is 0 Å². The lowest BCUT2D eigenvalue weighted by molar-refractivity contribution is 1.18. The Bertz CT molecular complexity index is 2520. The van der Waals surface area contributed by atoms with Gasteiger partial charge in [-0.15, -0.1) is 0 Å². The Morgan fingerprint density at radius 2 is 0.833 bits per heavy atom. The lowest BCUT2D eigenvalue weighted by Crippen LogP contribution is -2.11. The Labute approximate surface area is 280 Å². The second-order valence-corrected chi connectivity index (χ2v) is 12.2. The molecule has 0 N–H and O–H groups in total. The summed E-state index contributed by atoms with van der Waals surface area (Å²) in [5.41, 5.74) is 11.7. The summed E-state index contributed by atoms with van der Waals surface area (Å²) in [4.78, 5) is 2.39. The first-order chi connectivity index (χ1) is 23.8. The molecule has 0 radical (unpaired) electrons. The first-order valence-corrected chi connectivity index (χ1v) is 16.4. The fourth-order valence-electron chi connectivity index (χ4n) is 7.13. The van der Waals surface area contributed by atoms with Crippen LogP contribution in [0.2, 0.25) is 0 Å². The van der Waals surface area contributed by atoms with Gasteiger partial charge in [0.05, 0.1) is 22.4 Å². The van der Waals surface area contributed by atoms with E-state index in [1.54, 1.807) is 0 Å². The summed E-state index contributed by atoms with van der Waals surface area (Å²) in [6, 6.07) is 69.8. The number of hydrogen-bond donors (Lipinski definition) is 0. The van der Waals surface area contributed by atoms with Crippen molar-refractivity contribution in [3.05, 3.63) is 194 Å². The minimum atomic E-state index is 1.10. The van der Waals surface area contributed by atoms with E-state index in [-0.39, 0.29) is 0 Å². The highest BCUT2D eigenvalue weighted by Crippen LogP contribution is 2.44. The molecule has 8 aromatic carbocycles. The van der Waals surface area contributed by atoms with E-state index in [0.717, 1.165) is 17.1 Å². The zero-order chi connectivity index (χ0) is 31.9. The van der Waals surface area contributed by atoms with E-state index in [9.17, 15) is 0 Å². The average Bonchev–Trinajstić information content (AvgIpc) is 3.51. The molecule has 0 fully saturated rings. The molecule has 0 amide bonds. The van der Waals surface area contributed by atoms with Crippen LogP contribution in [0.3, 0.4) is 0 Å². The number of nitrogens with zero attached hydrogens (tertiary/aromatic N) is 2. The zero-order valence-corrected chi connectivity index (χ0v) is 26.4. The summed E-state index contributed by atoms with van der Waals surface area (Å²) in [6.07, 6.45) is 0. The molecule has 0 aliphatic carbocycles. The molecule has 0 bridgehead atoms. The van der Waals surface area contributed by atoms with Crippen LogP contribution < -0.4 is 4.90 Å². The third kappa shape index (κ3) is 4.74. The Hall–Kier alpha value is -6.38. The first-order valence-electron chi connectivity index (χ1n) is 16.4. The van der Waals surface area contributed by atoms with Gasteiger partial charge in [0.25, 0.3) is 0 Å². The molecule has 0 aliphatic rings. The minimum absolute atomic E-state index is 1.10. The second-order valence-electron chi connectivity index (χ2n) is 12.2. The van der Waals surface area contributed by atoms with Crippen LogP contribution in [-0.2, 0) is 0 Å². The maximum Gasteiger partial charge on any atom is 0.0782 e. The van der Waals surface area contributed by atoms with Gasteiger partial charge in [0, 0.05) is 27.5 Å². The van der Waals surface area contributed by atoms with Gasteiger partial charge in [-0.3, -0.25) is 0 Å². The molecule has 0 aliphatic heterocycles. The van der Waals surface area contributed by atoms with E-state index in [1.165, 1.54) is 60.5 Å². The van der Waals surface area contributed by atoms with Crippen molar-refractivity contribution in [2.75, 3.05) is 4.90 Å². The zero-order valence-electron chi connectivity index (χ0n) is 26.4. The van der Waals surface area contributed by atoms with Gasteiger partial charge in [-0.2, -0.15) is 0 Å².